The molecule has 0 spiro atoms. The van der Waals surface area contributed by atoms with Gasteiger partial charge >= 0.3 is 11.9 Å². The van der Waals surface area contributed by atoms with Crippen LogP contribution in [0.15, 0.2) is 23.8 Å². The maximum Gasteiger partial charge on any atom is 0.335 e. The molecule has 0 radical (unpaired) electrons. The molecule has 0 saturated heterocycles. The molecule has 1 aromatic rings. The number of aryl methyl sites for hydroxylation is 1. The van der Waals surface area contributed by atoms with Crippen molar-refractivity contribution in [2.75, 3.05) is 0 Å². The minimum absolute atomic E-state index is 0.233. The van der Waals surface area contributed by atoms with Crippen LogP contribution in [0.3, 0.4) is 0 Å². The average Bonchev–Trinajstić information content (AvgIpc) is 2.78. The number of hydrogen-bond acceptors (Lipinski definition) is 4. The van der Waals surface area contributed by atoms with Crippen LogP contribution in [-0.4, -0.2) is 24.1 Å². The van der Waals surface area contributed by atoms with Gasteiger partial charge in [-0.3, -0.25) is 4.79 Å². The van der Waals surface area contributed by atoms with Gasteiger partial charge < -0.3 is 9.47 Å². The number of fused-ring (bicyclic) bond motifs is 1. The lowest BCUT2D eigenvalue weighted by Crippen LogP contribution is -2.25. The highest BCUT2D eigenvalue weighted by molar-refractivity contribution is 6.06. The molecule has 2 rings (SSSR count). The monoisotopic (exact) mass is 302 g/mol. The fraction of sp³-hybridized carbons (Fsp3) is 0.444. The number of benzene rings is 1. The summed E-state index contributed by atoms with van der Waals surface area (Å²) in [7, 11) is 0. The van der Waals surface area contributed by atoms with E-state index >= 15 is 0 Å². The lowest BCUT2D eigenvalue weighted by atomic mass is 9.92. The molecular weight excluding hydrogens is 280 g/mol. The molecule has 4 heteroatoms. The van der Waals surface area contributed by atoms with Gasteiger partial charge in [0.25, 0.3) is 0 Å². The van der Waals surface area contributed by atoms with Gasteiger partial charge in [0.15, 0.2) is 0 Å². The topological polar surface area (TPSA) is 52.6 Å². The van der Waals surface area contributed by atoms with E-state index in [2.05, 4.69) is 0 Å². The van der Waals surface area contributed by atoms with E-state index in [-0.39, 0.29) is 12.2 Å². The molecule has 22 heavy (non-hydrogen) atoms. The van der Waals surface area contributed by atoms with Gasteiger partial charge in [-0.25, -0.2) is 4.79 Å². The summed E-state index contributed by atoms with van der Waals surface area (Å²) in [6, 6.07) is 5.74. The summed E-state index contributed by atoms with van der Waals surface area (Å²) in [5.74, 6) is -1.57. The first-order chi connectivity index (χ1) is 10.3. The minimum atomic E-state index is -0.704. The summed E-state index contributed by atoms with van der Waals surface area (Å²) in [5.41, 5.74) is 3.03. The number of esters is 2. The molecule has 0 aliphatic heterocycles. The van der Waals surface area contributed by atoms with Gasteiger partial charge in [-0.2, -0.15) is 0 Å². The second kappa shape index (κ2) is 6.34. The molecule has 1 atom stereocenters. The number of carbonyl (C=O) groups is 2. The molecule has 1 aliphatic rings. The van der Waals surface area contributed by atoms with Crippen molar-refractivity contribution < 1.29 is 19.1 Å². The van der Waals surface area contributed by atoms with Crippen molar-refractivity contribution in [1.82, 2.24) is 0 Å². The predicted octanol–water partition coefficient (Wildman–Crippen LogP) is 3.38. The molecule has 0 saturated carbocycles. The zero-order valence-corrected chi connectivity index (χ0v) is 13.7. The Morgan fingerprint density at radius 3 is 2.27 bits per heavy atom. The Hall–Kier alpha value is -2.10. The Kier molecular flexibility index (Phi) is 4.69. The van der Waals surface area contributed by atoms with Crippen molar-refractivity contribution in [2.45, 2.75) is 52.7 Å². The second-order valence-electron chi connectivity index (χ2n) is 6.05. The van der Waals surface area contributed by atoms with Crippen molar-refractivity contribution in [2.24, 2.45) is 0 Å². The first kappa shape index (κ1) is 16.3. The van der Waals surface area contributed by atoms with Crippen molar-refractivity contribution >= 4 is 18.0 Å². The SMILES string of the molecule is Cc1cccc2c1C(C(=O)OC(C)C)C(C(=O)OC(C)C)=C2. The predicted molar refractivity (Wildman–Crippen MR) is 84.4 cm³/mol. The Bertz CT molecular complexity index is 626. The number of ether oxygens (including phenoxy) is 2. The zero-order valence-electron chi connectivity index (χ0n) is 13.7. The lowest BCUT2D eigenvalue weighted by molar-refractivity contribution is -0.151. The number of hydrogen-bond donors (Lipinski definition) is 0. The molecule has 0 bridgehead atoms. The van der Waals surface area contributed by atoms with Gasteiger partial charge in [0.1, 0.15) is 5.92 Å². The van der Waals surface area contributed by atoms with Gasteiger partial charge in [-0.1, -0.05) is 18.2 Å². The van der Waals surface area contributed by atoms with E-state index < -0.39 is 17.9 Å². The maximum atomic E-state index is 12.5. The van der Waals surface area contributed by atoms with Crippen LogP contribution in [0.25, 0.3) is 6.08 Å². The molecule has 0 heterocycles. The molecule has 1 unspecified atom stereocenters. The largest absolute Gasteiger partial charge is 0.462 e. The zero-order chi connectivity index (χ0) is 16.4. The van der Waals surface area contributed by atoms with Gasteiger partial charge in [0.2, 0.25) is 0 Å². The van der Waals surface area contributed by atoms with Gasteiger partial charge in [0, 0.05) is 0 Å². The third-order valence-electron chi connectivity index (χ3n) is 3.43. The Balaban J connectivity index is 2.42. The summed E-state index contributed by atoms with van der Waals surface area (Å²) in [6.45, 7) is 9.09. The number of carbonyl (C=O) groups excluding carboxylic acids is 2. The maximum absolute atomic E-state index is 12.5. The Labute approximate surface area is 131 Å². The van der Waals surface area contributed by atoms with Crippen LogP contribution < -0.4 is 0 Å². The van der Waals surface area contributed by atoms with Crippen LogP contribution in [-0.2, 0) is 19.1 Å². The molecule has 0 aromatic heterocycles. The normalized spacial score (nSPS) is 16.5. The third-order valence-corrected chi connectivity index (χ3v) is 3.43. The fourth-order valence-corrected chi connectivity index (χ4v) is 2.63. The first-order valence-corrected chi connectivity index (χ1v) is 7.53. The van der Waals surface area contributed by atoms with E-state index in [0.29, 0.717) is 5.57 Å². The highest BCUT2D eigenvalue weighted by Crippen LogP contribution is 2.40. The highest BCUT2D eigenvalue weighted by atomic mass is 16.5. The Morgan fingerprint density at radius 2 is 1.68 bits per heavy atom. The smallest absolute Gasteiger partial charge is 0.335 e. The molecule has 1 aromatic carbocycles. The van der Waals surface area contributed by atoms with Crippen molar-refractivity contribution in [3.05, 3.63) is 40.5 Å². The van der Waals surface area contributed by atoms with Crippen molar-refractivity contribution in [3.63, 3.8) is 0 Å². The van der Waals surface area contributed by atoms with Gasteiger partial charge in [0.05, 0.1) is 17.8 Å². The van der Waals surface area contributed by atoms with E-state index in [1.807, 2.05) is 25.1 Å². The van der Waals surface area contributed by atoms with Crippen LogP contribution in [0.5, 0.6) is 0 Å². The van der Waals surface area contributed by atoms with E-state index in [1.54, 1.807) is 33.8 Å². The highest BCUT2D eigenvalue weighted by Gasteiger charge is 2.38. The molecule has 118 valence electrons. The average molecular weight is 302 g/mol. The van der Waals surface area contributed by atoms with Gasteiger partial charge in [-0.15, -0.1) is 0 Å². The van der Waals surface area contributed by atoms with Crippen LogP contribution in [0.2, 0.25) is 0 Å². The van der Waals surface area contributed by atoms with Crippen molar-refractivity contribution in [1.29, 1.82) is 0 Å². The standard InChI is InChI=1S/C18H22O4/c1-10(2)21-17(19)14-9-13-8-6-7-12(5)15(13)16(14)18(20)22-11(3)4/h6-11,16H,1-5H3. The molecule has 0 amide bonds. The summed E-state index contributed by atoms with van der Waals surface area (Å²) in [4.78, 5) is 24.8. The van der Waals surface area contributed by atoms with Crippen LogP contribution >= 0.6 is 0 Å². The summed E-state index contributed by atoms with van der Waals surface area (Å²) in [5, 5.41) is 0. The fourth-order valence-electron chi connectivity index (χ4n) is 2.63. The molecule has 4 nitrogen and oxygen atoms in total. The lowest BCUT2D eigenvalue weighted by Gasteiger charge is -2.19. The van der Waals surface area contributed by atoms with Crippen LogP contribution in [0.4, 0.5) is 0 Å². The van der Waals surface area contributed by atoms with Crippen LogP contribution in [0.1, 0.15) is 50.3 Å². The van der Waals surface area contributed by atoms with E-state index in [0.717, 1.165) is 16.7 Å². The van der Waals surface area contributed by atoms with Crippen LogP contribution in [0, 0.1) is 6.92 Å². The summed E-state index contributed by atoms with van der Waals surface area (Å²) in [6.07, 6.45) is 1.27. The van der Waals surface area contributed by atoms with E-state index in [1.165, 1.54) is 0 Å². The van der Waals surface area contributed by atoms with Gasteiger partial charge in [-0.05, 0) is 57.4 Å². The van der Waals surface area contributed by atoms with Crippen molar-refractivity contribution in [3.8, 4) is 0 Å². The molecular formula is C18H22O4. The summed E-state index contributed by atoms with van der Waals surface area (Å²) >= 11 is 0. The minimum Gasteiger partial charge on any atom is -0.462 e. The first-order valence-electron chi connectivity index (χ1n) is 7.53. The van der Waals surface area contributed by atoms with E-state index in [9.17, 15) is 9.59 Å². The Morgan fingerprint density at radius 1 is 1.05 bits per heavy atom. The quantitative estimate of drug-likeness (QED) is 0.800. The van der Waals surface area contributed by atoms with E-state index in [4.69, 9.17) is 9.47 Å². The molecule has 0 N–H and O–H groups in total. The second-order valence-corrected chi connectivity index (χ2v) is 6.05. The molecule has 1 aliphatic carbocycles. The third kappa shape index (κ3) is 3.21. The number of rotatable bonds is 4. The molecule has 0 fully saturated rings. The summed E-state index contributed by atoms with van der Waals surface area (Å²) < 4.78 is 10.6.